The molecular weight excluding hydrogens is 331 g/mol. The third-order valence-electron chi connectivity index (χ3n) is 3.94. The van der Waals surface area contributed by atoms with E-state index >= 15 is 0 Å². The Balaban J connectivity index is 1.60. The molecule has 0 saturated carbocycles. The molecule has 1 aliphatic heterocycles. The Morgan fingerprint density at radius 1 is 1.38 bits per heavy atom. The number of nitrogens with two attached hydrogens (primary N) is 1. The predicted molar refractivity (Wildman–Crippen MR) is 88.7 cm³/mol. The molecule has 2 heterocycles. The molecular formula is C16H17FN4O2S. The fraction of sp³-hybridized carbons (Fsp3) is 0.312. The van der Waals surface area contributed by atoms with E-state index in [1.54, 1.807) is 12.1 Å². The molecule has 1 aromatic carbocycles. The summed E-state index contributed by atoms with van der Waals surface area (Å²) in [6, 6.07) is 5.02. The van der Waals surface area contributed by atoms with Crippen molar-refractivity contribution in [2.24, 2.45) is 5.73 Å². The third-order valence-corrected chi connectivity index (χ3v) is 4.79. The van der Waals surface area contributed by atoms with E-state index in [2.05, 4.69) is 10.3 Å². The van der Waals surface area contributed by atoms with Gasteiger partial charge in [-0.1, -0.05) is 0 Å². The van der Waals surface area contributed by atoms with Gasteiger partial charge in [0.15, 0.2) is 0 Å². The summed E-state index contributed by atoms with van der Waals surface area (Å²) in [5, 5.41) is 5.40. The van der Waals surface area contributed by atoms with E-state index < -0.39 is 12.1 Å². The highest BCUT2D eigenvalue weighted by Crippen LogP contribution is 2.22. The zero-order chi connectivity index (χ0) is 17.1. The highest BCUT2D eigenvalue weighted by Gasteiger charge is 2.32. The number of halogens is 1. The summed E-state index contributed by atoms with van der Waals surface area (Å²) >= 11 is 1.42. The Morgan fingerprint density at radius 3 is 2.83 bits per heavy atom. The summed E-state index contributed by atoms with van der Waals surface area (Å²) in [6.45, 7) is 0.799. The van der Waals surface area contributed by atoms with Crippen molar-refractivity contribution in [2.75, 3.05) is 6.54 Å². The van der Waals surface area contributed by atoms with Crippen LogP contribution in [0.4, 0.5) is 9.18 Å². The van der Waals surface area contributed by atoms with Gasteiger partial charge in [0.2, 0.25) is 5.91 Å². The first-order valence-electron chi connectivity index (χ1n) is 7.59. The lowest BCUT2D eigenvalue weighted by atomic mass is 10.2. The number of benzene rings is 1. The number of urea groups is 1. The minimum absolute atomic E-state index is 0.218. The lowest BCUT2D eigenvalue weighted by molar-refractivity contribution is -0.124. The van der Waals surface area contributed by atoms with E-state index in [1.807, 2.05) is 5.38 Å². The van der Waals surface area contributed by atoms with Crippen molar-refractivity contribution in [3.05, 3.63) is 40.5 Å². The molecule has 0 bridgehead atoms. The first kappa shape index (κ1) is 16.4. The van der Waals surface area contributed by atoms with E-state index in [0.29, 0.717) is 13.0 Å². The minimum atomic E-state index is -0.569. The maximum atomic E-state index is 13.0. The van der Waals surface area contributed by atoms with Crippen LogP contribution in [0, 0.1) is 5.82 Å². The lowest BCUT2D eigenvalue weighted by Gasteiger charge is -2.21. The SMILES string of the molecule is NC(=O)N1CCC[C@H]1C(=O)NCc1nc(-c2ccc(F)cc2)cs1. The summed E-state index contributed by atoms with van der Waals surface area (Å²) in [5.41, 5.74) is 6.84. The Bertz CT molecular complexity index is 747. The van der Waals surface area contributed by atoms with Crippen LogP contribution in [0.3, 0.4) is 0 Å². The molecule has 8 heteroatoms. The Kier molecular flexibility index (Phi) is 4.75. The molecule has 126 valence electrons. The zero-order valence-electron chi connectivity index (χ0n) is 12.9. The van der Waals surface area contributed by atoms with Gasteiger partial charge >= 0.3 is 6.03 Å². The molecule has 1 aromatic heterocycles. The standard InChI is InChI=1S/C16H17FN4O2S/c17-11-5-3-10(4-6-11)12-9-24-14(20-12)8-19-15(22)13-2-1-7-21(13)16(18)23/h3-6,9,13H,1-2,7-8H2,(H2,18,23)(H,19,22)/t13-/m0/s1. The fourth-order valence-corrected chi connectivity index (χ4v) is 3.47. The average Bonchev–Trinajstić information content (AvgIpc) is 3.22. The molecule has 0 spiro atoms. The summed E-state index contributed by atoms with van der Waals surface area (Å²) in [7, 11) is 0. The second kappa shape index (κ2) is 6.96. The maximum absolute atomic E-state index is 13.0. The molecule has 1 aliphatic rings. The minimum Gasteiger partial charge on any atom is -0.351 e. The number of thiazole rings is 1. The predicted octanol–water partition coefficient (Wildman–Crippen LogP) is 2.11. The number of carbonyl (C=O) groups is 2. The van der Waals surface area contributed by atoms with Crippen molar-refractivity contribution in [3.8, 4) is 11.3 Å². The molecule has 1 atom stereocenters. The first-order chi connectivity index (χ1) is 11.5. The van der Waals surface area contributed by atoms with Crippen LogP contribution in [0.2, 0.25) is 0 Å². The summed E-state index contributed by atoms with van der Waals surface area (Å²) in [6.07, 6.45) is 1.39. The zero-order valence-corrected chi connectivity index (χ0v) is 13.7. The van der Waals surface area contributed by atoms with Crippen molar-refractivity contribution < 1.29 is 14.0 Å². The first-order valence-corrected chi connectivity index (χ1v) is 8.46. The molecule has 0 aliphatic carbocycles. The molecule has 3 N–H and O–H groups in total. The second-order valence-electron chi connectivity index (χ2n) is 5.54. The highest BCUT2D eigenvalue weighted by molar-refractivity contribution is 7.09. The summed E-state index contributed by atoms with van der Waals surface area (Å²) < 4.78 is 13.0. The number of primary amides is 1. The normalized spacial score (nSPS) is 17.0. The van der Waals surface area contributed by atoms with Gasteiger partial charge in [-0.2, -0.15) is 0 Å². The van der Waals surface area contributed by atoms with Crippen LogP contribution in [-0.4, -0.2) is 34.4 Å². The Morgan fingerprint density at radius 2 is 2.12 bits per heavy atom. The quantitative estimate of drug-likeness (QED) is 0.887. The largest absolute Gasteiger partial charge is 0.351 e. The Labute approximate surface area is 142 Å². The van der Waals surface area contributed by atoms with Gasteiger partial charge < -0.3 is 16.0 Å². The number of hydrogen-bond donors (Lipinski definition) is 2. The van der Waals surface area contributed by atoms with Crippen LogP contribution in [0.5, 0.6) is 0 Å². The second-order valence-corrected chi connectivity index (χ2v) is 6.48. The van der Waals surface area contributed by atoms with Gasteiger partial charge in [0.1, 0.15) is 16.9 Å². The summed E-state index contributed by atoms with van der Waals surface area (Å²) in [5.74, 6) is -0.512. The van der Waals surface area contributed by atoms with Crippen molar-refractivity contribution in [2.45, 2.75) is 25.4 Å². The monoisotopic (exact) mass is 348 g/mol. The molecule has 2 aromatic rings. The number of hydrogen-bond acceptors (Lipinski definition) is 4. The van der Waals surface area contributed by atoms with Gasteiger partial charge in [-0.15, -0.1) is 11.3 Å². The topological polar surface area (TPSA) is 88.3 Å². The fourth-order valence-electron chi connectivity index (χ4n) is 2.73. The van der Waals surface area contributed by atoms with Gasteiger partial charge in [0.25, 0.3) is 0 Å². The molecule has 1 saturated heterocycles. The van der Waals surface area contributed by atoms with Crippen LogP contribution < -0.4 is 11.1 Å². The number of aromatic nitrogens is 1. The Hall–Kier alpha value is -2.48. The molecule has 0 unspecified atom stereocenters. The number of likely N-dealkylation sites (tertiary alicyclic amines) is 1. The van der Waals surface area contributed by atoms with E-state index in [0.717, 1.165) is 22.7 Å². The van der Waals surface area contributed by atoms with E-state index in [9.17, 15) is 14.0 Å². The average molecular weight is 348 g/mol. The number of nitrogens with one attached hydrogen (secondary N) is 1. The number of amides is 3. The molecule has 0 radical (unpaired) electrons. The van der Waals surface area contributed by atoms with Crippen molar-refractivity contribution in [1.82, 2.24) is 15.2 Å². The summed E-state index contributed by atoms with van der Waals surface area (Å²) in [4.78, 5) is 29.4. The van der Waals surface area contributed by atoms with E-state index in [-0.39, 0.29) is 18.3 Å². The smallest absolute Gasteiger partial charge is 0.315 e. The van der Waals surface area contributed by atoms with Crippen LogP contribution >= 0.6 is 11.3 Å². The van der Waals surface area contributed by atoms with Gasteiger partial charge in [0.05, 0.1) is 12.2 Å². The molecule has 24 heavy (non-hydrogen) atoms. The van der Waals surface area contributed by atoms with Crippen molar-refractivity contribution >= 4 is 23.3 Å². The van der Waals surface area contributed by atoms with Crippen LogP contribution in [0.25, 0.3) is 11.3 Å². The van der Waals surface area contributed by atoms with E-state index in [4.69, 9.17) is 5.73 Å². The van der Waals surface area contributed by atoms with Gasteiger partial charge in [-0.05, 0) is 37.1 Å². The number of rotatable bonds is 4. The van der Waals surface area contributed by atoms with Gasteiger partial charge in [0, 0.05) is 17.5 Å². The highest BCUT2D eigenvalue weighted by atomic mass is 32.1. The molecule has 3 rings (SSSR count). The van der Waals surface area contributed by atoms with Gasteiger partial charge in [-0.25, -0.2) is 14.2 Å². The maximum Gasteiger partial charge on any atom is 0.315 e. The van der Waals surface area contributed by atoms with Crippen LogP contribution in [0.15, 0.2) is 29.6 Å². The van der Waals surface area contributed by atoms with Crippen molar-refractivity contribution in [1.29, 1.82) is 0 Å². The number of nitrogens with zero attached hydrogens (tertiary/aromatic N) is 2. The molecule has 6 nitrogen and oxygen atoms in total. The third kappa shape index (κ3) is 3.53. The van der Waals surface area contributed by atoms with Crippen LogP contribution in [-0.2, 0) is 11.3 Å². The lowest BCUT2D eigenvalue weighted by Crippen LogP contribution is -2.47. The van der Waals surface area contributed by atoms with Crippen molar-refractivity contribution in [3.63, 3.8) is 0 Å². The van der Waals surface area contributed by atoms with Crippen LogP contribution in [0.1, 0.15) is 17.8 Å². The number of carbonyl (C=O) groups excluding carboxylic acids is 2. The van der Waals surface area contributed by atoms with E-state index in [1.165, 1.54) is 28.4 Å². The molecule has 1 fully saturated rings. The molecule has 3 amide bonds. The van der Waals surface area contributed by atoms with Gasteiger partial charge in [-0.3, -0.25) is 4.79 Å².